The number of carbonyl (C=O) groups excluding carboxylic acids is 1. The molecule has 0 spiro atoms. The van der Waals surface area contributed by atoms with Crippen LogP contribution in [0, 0.1) is 5.82 Å². The third kappa shape index (κ3) is 3.61. The van der Waals surface area contributed by atoms with E-state index in [2.05, 4.69) is 10.3 Å². The summed E-state index contributed by atoms with van der Waals surface area (Å²) in [5.41, 5.74) is 0.596. The normalized spacial score (nSPS) is 11.1. The highest BCUT2D eigenvalue weighted by Crippen LogP contribution is 2.29. The van der Waals surface area contributed by atoms with Gasteiger partial charge in [0.1, 0.15) is 23.0 Å². The molecule has 0 aliphatic carbocycles. The molecule has 0 aliphatic heterocycles. The molecule has 1 heterocycles. The van der Waals surface area contributed by atoms with E-state index in [-0.39, 0.29) is 22.8 Å². The van der Waals surface area contributed by atoms with Crippen molar-refractivity contribution in [3.05, 3.63) is 53.6 Å². The van der Waals surface area contributed by atoms with Crippen molar-refractivity contribution in [3.8, 4) is 11.5 Å². The summed E-state index contributed by atoms with van der Waals surface area (Å²) in [4.78, 5) is 15.5. The Labute approximate surface area is 129 Å². The highest BCUT2D eigenvalue weighted by molar-refractivity contribution is 5.92. The third-order valence-corrected chi connectivity index (χ3v) is 3.18. The highest BCUT2D eigenvalue weighted by Gasteiger charge is 2.18. The van der Waals surface area contributed by atoms with Gasteiger partial charge in [0.2, 0.25) is 0 Å². The number of nitrogens with zero attached hydrogens (tertiary/aromatic N) is 1. The summed E-state index contributed by atoms with van der Waals surface area (Å²) in [6.07, 6.45) is 1.47. The first-order chi connectivity index (χ1) is 10.3. The molecule has 2 aromatic rings. The Hall–Kier alpha value is -2.43. The minimum absolute atomic E-state index is 0.242. The van der Waals surface area contributed by atoms with E-state index < -0.39 is 0 Å². The van der Waals surface area contributed by atoms with E-state index in [0.717, 1.165) is 0 Å². The van der Waals surface area contributed by atoms with Crippen LogP contribution in [-0.4, -0.2) is 17.9 Å². The minimum atomic E-state index is -0.314. The molecule has 4 nitrogen and oxygen atoms in total. The maximum Gasteiger partial charge on any atom is 0.269 e. The van der Waals surface area contributed by atoms with Crippen molar-refractivity contribution in [1.29, 1.82) is 0 Å². The number of hydrogen-bond acceptors (Lipinski definition) is 3. The van der Waals surface area contributed by atoms with Crippen LogP contribution >= 0.6 is 0 Å². The van der Waals surface area contributed by atoms with Crippen molar-refractivity contribution in [3.63, 3.8) is 0 Å². The number of rotatable bonds is 3. The van der Waals surface area contributed by atoms with Gasteiger partial charge in [0.05, 0.1) is 0 Å². The number of carbonyl (C=O) groups is 1. The van der Waals surface area contributed by atoms with Crippen LogP contribution in [0.1, 0.15) is 36.8 Å². The van der Waals surface area contributed by atoms with Gasteiger partial charge in [0.15, 0.2) is 0 Å². The van der Waals surface area contributed by atoms with Gasteiger partial charge in [0.25, 0.3) is 5.91 Å². The van der Waals surface area contributed by atoms with E-state index in [9.17, 15) is 9.18 Å². The lowest BCUT2D eigenvalue weighted by molar-refractivity contribution is 0.0958. The van der Waals surface area contributed by atoms with Crippen LogP contribution in [0.2, 0.25) is 0 Å². The molecule has 22 heavy (non-hydrogen) atoms. The number of ether oxygens (including phenoxy) is 1. The maximum absolute atomic E-state index is 14.2. The van der Waals surface area contributed by atoms with Crippen LogP contribution in [0.4, 0.5) is 4.39 Å². The van der Waals surface area contributed by atoms with Crippen LogP contribution < -0.4 is 10.1 Å². The van der Waals surface area contributed by atoms with Crippen molar-refractivity contribution >= 4 is 5.91 Å². The average molecular weight is 302 g/mol. The second kappa shape index (κ2) is 6.13. The lowest BCUT2D eigenvalue weighted by Gasteiger charge is -2.20. The van der Waals surface area contributed by atoms with Gasteiger partial charge in [-0.25, -0.2) is 4.39 Å². The summed E-state index contributed by atoms with van der Waals surface area (Å²) < 4.78 is 19.8. The first-order valence-electron chi connectivity index (χ1n) is 6.97. The molecule has 0 saturated heterocycles. The van der Waals surface area contributed by atoms with E-state index in [1.807, 2.05) is 20.8 Å². The molecule has 0 atom stereocenters. The molecule has 0 saturated carbocycles. The fraction of sp³-hybridized carbons (Fsp3) is 0.294. The first kappa shape index (κ1) is 15.9. The molecule has 1 aromatic heterocycles. The van der Waals surface area contributed by atoms with Crippen molar-refractivity contribution in [2.45, 2.75) is 26.2 Å². The van der Waals surface area contributed by atoms with Crippen molar-refractivity contribution in [2.24, 2.45) is 0 Å². The van der Waals surface area contributed by atoms with E-state index >= 15 is 0 Å². The van der Waals surface area contributed by atoms with Gasteiger partial charge < -0.3 is 10.1 Å². The molecule has 116 valence electrons. The number of amides is 1. The second-order valence-electron chi connectivity index (χ2n) is 5.95. The number of pyridine rings is 1. The first-order valence-corrected chi connectivity index (χ1v) is 6.97. The van der Waals surface area contributed by atoms with Crippen molar-refractivity contribution in [2.75, 3.05) is 7.05 Å². The number of nitrogens with one attached hydrogen (secondary N) is 1. The number of aromatic nitrogens is 1. The molecule has 0 bridgehead atoms. The van der Waals surface area contributed by atoms with E-state index in [0.29, 0.717) is 17.1 Å². The van der Waals surface area contributed by atoms with Gasteiger partial charge in [0, 0.05) is 25.4 Å². The molecular formula is C17H19FN2O2. The minimum Gasteiger partial charge on any atom is -0.457 e. The largest absolute Gasteiger partial charge is 0.457 e. The Kier molecular flexibility index (Phi) is 4.45. The Morgan fingerprint density at radius 2 is 1.86 bits per heavy atom. The molecule has 1 amide bonds. The lowest BCUT2D eigenvalue weighted by Crippen LogP contribution is -2.18. The quantitative estimate of drug-likeness (QED) is 0.941. The summed E-state index contributed by atoms with van der Waals surface area (Å²) in [6, 6.07) is 7.90. The van der Waals surface area contributed by atoms with E-state index in [1.165, 1.54) is 25.4 Å². The number of benzene rings is 1. The number of hydrogen-bond donors (Lipinski definition) is 1. The Balaban J connectivity index is 2.25. The Bertz CT molecular complexity index is 693. The topological polar surface area (TPSA) is 51.2 Å². The van der Waals surface area contributed by atoms with Gasteiger partial charge in [-0.15, -0.1) is 0 Å². The van der Waals surface area contributed by atoms with E-state index in [1.54, 1.807) is 18.2 Å². The zero-order valence-electron chi connectivity index (χ0n) is 13.1. The van der Waals surface area contributed by atoms with Gasteiger partial charge >= 0.3 is 0 Å². The average Bonchev–Trinajstić information content (AvgIpc) is 2.45. The smallest absolute Gasteiger partial charge is 0.269 e. The van der Waals surface area contributed by atoms with E-state index in [4.69, 9.17) is 4.74 Å². The summed E-state index contributed by atoms with van der Waals surface area (Å²) in [5.74, 6) is 0.182. The summed E-state index contributed by atoms with van der Waals surface area (Å²) >= 11 is 0. The fourth-order valence-electron chi connectivity index (χ4n) is 2.03. The van der Waals surface area contributed by atoms with Gasteiger partial charge in [-0.05, 0) is 23.1 Å². The van der Waals surface area contributed by atoms with Crippen LogP contribution in [-0.2, 0) is 5.41 Å². The molecule has 0 radical (unpaired) electrons. The molecular weight excluding hydrogens is 283 g/mol. The van der Waals surface area contributed by atoms with Gasteiger partial charge in [-0.2, -0.15) is 0 Å². The van der Waals surface area contributed by atoms with Crippen LogP contribution in [0.3, 0.4) is 0 Å². The molecule has 2 rings (SSSR count). The zero-order chi connectivity index (χ0) is 16.3. The second-order valence-corrected chi connectivity index (χ2v) is 5.95. The zero-order valence-corrected chi connectivity index (χ0v) is 13.1. The predicted octanol–water partition coefficient (Wildman–Crippen LogP) is 3.67. The molecule has 1 N–H and O–H groups in total. The van der Waals surface area contributed by atoms with Crippen LogP contribution in [0.5, 0.6) is 11.5 Å². The van der Waals surface area contributed by atoms with Crippen molar-refractivity contribution in [1.82, 2.24) is 10.3 Å². The standard InChI is InChI=1S/C17H19FN2O2/c1-17(2,3)13-6-5-11(9-14(13)18)22-12-7-8-20-15(10-12)16(21)19-4/h5-10H,1-4H3,(H,19,21). The Morgan fingerprint density at radius 3 is 2.45 bits per heavy atom. The Morgan fingerprint density at radius 1 is 1.18 bits per heavy atom. The monoisotopic (exact) mass is 302 g/mol. The molecule has 0 fully saturated rings. The maximum atomic E-state index is 14.2. The van der Waals surface area contributed by atoms with Crippen molar-refractivity contribution < 1.29 is 13.9 Å². The highest BCUT2D eigenvalue weighted by atomic mass is 19.1. The van der Waals surface area contributed by atoms with Crippen LogP contribution in [0.25, 0.3) is 0 Å². The lowest BCUT2D eigenvalue weighted by atomic mass is 9.87. The molecule has 5 heteroatoms. The molecule has 1 aromatic carbocycles. The summed E-state index contributed by atoms with van der Waals surface area (Å²) in [5, 5.41) is 2.49. The molecule has 0 unspecified atom stereocenters. The molecule has 0 aliphatic rings. The predicted molar refractivity (Wildman–Crippen MR) is 82.8 cm³/mol. The van der Waals surface area contributed by atoms with Gasteiger partial charge in [-0.3, -0.25) is 9.78 Å². The summed E-state index contributed by atoms with van der Waals surface area (Å²) in [7, 11) is 1.53. The number of halogens is 1. The summed E-state index contributed by atoms with van der Waals surface area (Å²) in [6.45, 7) is 5.85. The SMILES string of the molecule is CNC(=O)c1cc(Oc2ccc(C(C)(C)C)c(F)c2)ccn1. The van der Waals surface area contributed by atoms with Crippen LogP contribution in [0.15, 0.2) is 36.5 Å². The third-order valence-electron chi connectivity index (χ3n) is 3.18. The fourth-order valence-corrected chi connectivity index (χ4v) is 2.03. The van der Waals surface area contributed by atoms with Gasteiger partial charge in [-0.1, -0.05) is 26.8 Å².